The lowest BCUT2D eigenvalue weighted by atomic mass is 9.99. The summed E-state index contributed by atoms with van der Waals surface area (Å²) in [6, 6.07) is 0. The minimum Gasteiger partial charge on any atom is -0.379 e. The Morgan fingerprint density at radius 2 is 1.35 bits per heavy atom. The molecule has 0 aliphatic heterocycles. The minimum atomic E-state index is -4.03. The largest absolute Gasteiger partial charge is 0.394 e. The monoisotopic (exact) mass is 342 g/mol. The topological polar surface area (TPSA) is 18.5 Å². The van der Waals surface area contributed by atoms with Crippen molar-refractivity contribution in [2.45, 2.75) is 93.5 Å². The van der Waals surface area contributed by atoms with Gasteiger partial charge in [0.25, 0.3) is 0 Å². The normalized spacial score (nSPS) is 16.7. The summed E-state index contributed by atoms with van der Waals surface area (Å²) < 4.78 is 47.6. The Hall–Kier alpha value is -0.290. The maximum atomic E-state index is 12.4. The fourth-order valence-electron chi connectivity index (χ4n) is 1.73. The summed E-state index contributed by atoms with van der Waals surface area (Å²) in [7, 11) is 0. The van der Waals surface area contributed by atoms with Crippen LogP contribution in [0.1, 0.15) is 75.2 Å². The van der Waals surface area contributed by atoms with E-state index in [9.17, 15) is 13.2 Å². The minimum absolute atomic E-state index is 0. The van der Waals surface area contributed by atoms with Gasteiger partial charge in [-0.2, -0.15) is 13.2 Å². The number of rotatable bonds is 6. The van der Waals surface area contributed by atoms with Crippen LogP contribution in [0.15, 0.2) is 0 Å². The first-order valence-electron chi connectivity index (χ1n) is 8.09. The Morgan fingerprint density at radius 3 is 1.57 bits per heavy atom. The molecule has 0 N–H and O–H groups in total. The molecule has 1 aliphatic rings. The molecule has 1 rings (SSSR count). The van der Waals surface area contributed by atoms with Gasteiger partial charge in [0.1, 0.15) is 0 Å². The average Bonchev–Trinajstić information content (AvgIpc) is 3.06. The SMILES string of the molecule is C.CC(C)OCC(C)(C)C.CC(C)OCCC1(C(F)(F)F)CC1. The molecule has 1 saturated carbocycles. The van der Waals surface area contributed by atoms with Gasteiger partial charge in [0.05, 0.1) is 24.2 Å². The molecule has 0 bridgehead atoms. The lowest BCUT2D eigenvalue weighted by molar-refractivity contribution is -0.192. The van der Waals surface area contributed by atoms with Crippen LogP contribution in [0.4, 0.5) is 13.2 Å². The third kappa shape index (κ3) is 11.8. The van der Waals surface area contributed by atoms with Crippen molar-refractivity contribution < 1.29 is 22.6 Å². The van der Waals surface area contributed by atoms with Gasteiger partial charge >= 0.3 is 6.18 Å². The predicted octanol–water partition coefficient (Wildman–Crippen LogP) is 6.24. The maximum absolute atomic E-state index is 12.4. The van der Waals surface area contributed by atoms with Crippen LogP contribution in [0, 0.1) is 10.8 Å². The first kappa shape index (κ1) is 25.0. The van der Waals surface area contributed by atoms with E-state index in [1.54, 1.807) is 0 Å². The van der Waals surface area contributed by atoms with Crippen LogP contribution < -0.4 is 0 Å². The highest BCUT2D eigenvalue weighted by molar-refractivity contribution is 4.98. The summed E-state index contributed by atoms with van der Waals surface area (Å²) in [5, 5.41) is 0. The molecule has 0 atom stereocenters. The van der Waals surface area contributed by atoms with Gasteiger partial charge in [-0.25, -0.2) is 0 Å². The van der Waals surface area contributed by atoms with Crippen LogP contribution >= 0.6 is 0 Å². The summed E-state index contributed by atoms with van der Waals surface area (Å²) in [5.41, 5.74) is -1.09. The van der Waals surface area contributed by atoms with Crippen molar-refractivity contribution in [1.82, 2.24) is 0 Å². The summed E-state index contributed by atoms with van der Waals surface area (Å²) in [6.45, 7) is 15.4. The van der Waals surface area contributed by atoms with Crippen molar-refractivity contribution in [3.8, 4) is 0 Å². The zero-order valence-electron chi connectivity index (χ0n) is 15.1. The fraction of sp³-hybridized carbons (Fsp3) is 1.00. The van der Waals surface area contributed by atoms with Crippen LogP contribution in [-0.2, 0) is 9.47 Å². The van der Waals surface area contributed by atoms with Crippen LogP contribution in [0.25, 0.3) is 0 Å². The molecule has 0 unspecified atom stereocenters. The molecular formula is C18H37F3O2. The molecule has 5 heteroatoms. The Labute approximate surface area is 141 Å². The standard InChI is InChI=1S/C9H15F3O.C8H18O.CH4/c1-7(2)13-6-5-8(3-4-8)9(10,11)12;1-7(2)9-6-8(3,4)5;/h7H,3-6H2,1-2H3;7H,6H2,1-5H3;1H4. The maximum Gasteiger partial charge on any atom is 0.394 e. The van der Waals surface area contributed by atoms with Gasteiger partial charge in [-0.1, -0.05) is 28.2 Å². The van der Waals surface area contributed by atoms with Gasteiger partial charge in [0.2, 0.25) is 0 Å². The van der Waals surface area contributed by atoms with Crippen molar-refractivity contribution in [1.29, 1.82) is 0 Å². The molecule has 0 spiro atoms. The highest BCUT2D eigenvalue weighted by Crippen LogP contribution is 2.59. The average molecular weight is 342 g/mol. The van der Waals surface area contributed by atoms with E-state index in [-0.39, 0.29) is 39.4 Å². The molecule has 2 nitrogen and oxygen atoms in total. The molecule has 1 aliphatic carbocycles. The van der Waals surface area contributed by atoms with Crippen molar-refractivity contribution >= 4 is 0 Å². The number of ether oxygens (including phenoxy) is 2. The molecule has 142 valence electrons. The van der Waals surface area contributed by atoms with Gasteiger partial charge in [0.15, 0.2) is 0 Å². The lowest BCUT2D eigenvalue weighted by Gasteiger charge is -2.19. The van der Waals surface area contributed by atoms with E-state index in [1.807, 2.05) is 13.8 Å². The highest BCUT2D eigenvalue weighted by Gasteiger charge is 2.62. The summed E-state index contributed by atoms with van der Waals surface area (Å²) in [5.74, 6) is 0. The van der Waals surface area contributed by atoms with E-state index in [2.05, 4.69) is 34.6 Å². The van der Waals surface area contributed by atoms with E-state index in [1.165, 1.54) is 0 Å². The van der Waals surface area contributed by atoms with Gasteiger partial charge in [-0.15, -0.1) is 0 Å². The van der Waals surface area contributed by atoms with Crippen LogP contribution in [0.3, 0.4) is 0 Å². The summed E-state index contributed by atoms with van der Waals surface area (Å²) in [4.78, 5) is 0. The molecule has 0 radical (unpaired) electrons. The first-order chi connectivity index (χ1) is 9.79. The fourth-order valence-corrected chi connectivity index (χ4v) is 1.73. The van der Waals surface area contributed by atoms with Crippen LogP contribution in [-0.4, -0.2) is 31.6 Å². The van der Waals surface area contributed by atoms with Crippen LogP contribution in [0.2, 0.25) is 0 Å². The Morgan fingerprint density at radius 1 is 0.913 bits per heavy atom. The highest BCUT2D eigenvalue weighted by atomic mass is 19.4. The molecular weight excluding hydrogens is 305 g/mol. The Kier molecular flexibility index (Phi) is 10.7. The number of hydrogen-bond donors (Lipinski definition) is 0. The second kappa shape index (κ2) is 9.87. The molecule has 0 aromatic rings. The first-order valence-corrected chi connectivity index (χ1v) is 8.09. The Balaban J connectivity index is 0. The van der Waals surface area contributed by atoms with Crippen molar-refractivity contribution in [3.63, 3.8) is 0 Å². The quantitative estimate of drug-likeness (QED) is 0.569. The predicted molar refractivity (Wildman–Crippen MR) is 90.7 cm³/mol. The van der Waals surface area contributed by atoms with Gasteiger partial charge < -0.3 is 9.47 Å². The molecule has 0 aromatic heterocycles. The van der Waals surface area contributed by atoms with E-state index >= 15 is 0 Å². The zero-order chi connectivity index (χ0) is 17.6. The molecule has 0 aromatic carbocycles. The third-order valence-corrected chi connectivity index (χ3v) is 3.34. The summed E-state index contributed by atoms with van der Waals surface area (Å²) in [6.07, 6.45) is -2.98. The second-order valence-electron chi connectivity index (χ2n) is 7.87. The lowest BCUT2D eigenvalue weighted by Crippen LogP contribution is -2.26. The summed E-state index contributed by atoms with van der Waals surface area (Å²) >= 11 is 0. The van der Waals surface area contributed by atoms with Crippen molar-refractivity contribution in [2.75, 3.05) is 13.2 Å². The zero-order valence-corrected chi connectivity index (χ0v) is 15.1. The van der Waals surface area contributed by atoms with Crippen LogP contribution in [0.5, 0.6) is 0 Å². The third-order valence-electron chi connectivity index (χ3n) is 3.34. The van der Waals surface area contributed by atoms with Gasteiger partial charge in [0, 0.05) is 6.61 Å². The number of alkyl halides is 3. The van der Waals surface area contributed by atoms with E-state index < -0.39 is 11.6 Å². The molecule has 1 fully saturated rings. The Bertz CT molecular complexity index is 300. The molecule has 0 heterocycles. The number of halogens is 3. The number of hydrogen-bond acceptors (Lipinski definition) is 2. The molecule has 0 saturated heterocycles. The molecule has 23 heavy (non-hydrogen) atoms. The van der Waals surface area contributed by atoms with Gasteiger partial charge in [-0.05, 0) is 52.4 Å². The smallest absolute Gasteiger partial charge is 0.379 e. The second-order valence-corrected chi connectivity index (χ2v) is 7.87. The van der Waals surface area contributed by atoms with Gasteiger partial charge in [-0.3, -0.25) is 0 Å². The molecule has 0 amide bonds. The van der Waals surface area contributed by atoms with E-state index in [4.69, 9.17) is 9.47 Å². The van der Waals surface area contributed by atoms with E-state index in [0.29, 0.717) is 11.5 Å². The van der Waals surface area contributed by atoms with E-state index in [0.717, 1.165) is 6.61 Å². The van der Waals surface area contributed by atoms with Crippen molar-refractivity contribution in [3.05, 3.63) is 0 Å². The van der Waals surface area contributed by atoms with Crippen molar-refractivity contribution in [2.24, 2.45) is 10.8 Å².